The number of aromatic nitrogens is 1. The van der Waals surface area contributed by atoms with Gasteiger partial charge in [-0.3, -0.25) is 9.19 Å². The maximum Gasteiger partial charge on any atom is 0.410 e. The van der Waals surface area contributed by atoms with Gasteiger partial charge < -0.3 is 9.64 Å². The summed E-state index contributed by atoms with van der Waals surface area (Å²) in [6.45, 7) is 6.90. The first-order valence-electron chi connectivity index (χ1n) is 7.55. The van der Waals surface area contributed by atoms with Crippen molar-refractivity contribution in [3.8, 4) is 0 Å². The minimum absolute atomic E-state index is 0.270. The van der Waals surface area contributed by atoms with Gasteiger partial charge >= 0.3 is 6.09 Å². The Morgan fingerprint density at radius 3 is 2.91 bits per heavy atom. The molecule has 122 valence electrons. The van der Waals surface area contributed by atoms with E-state index in [4.69, 9.17) is 4.74 Å². The summed E-state index contributed by atoms with van der Waals surface area (Å²) in [6.07, 6.45) is 4.08. The molecule has 22 heavy (non-hydrogen) atoms. The van der Waals surface area contributed by atoms with Crippen LogP contribution < -0.4 is 0 Å². The van der Waals surface area contributed by atoms with E-state index in [0.29, 0.717) is 24.6 Å². The van der Waals surface area contributed by atoms with E-state index in [9.17, 15) is 9.00 Å². The molecule has 2 rings (SSSR count). The van der Waals surface area contributed by atoms with E-state index in [1.165, 1.54) is 0 Å². The molecule has 0 aromatic carbocycles. The van der Waals surface area contributed by atoms with E-state index in [2.05, 4.69) is 4.98 Å². The summed E-state index contributed by atoms with van der Waals surface area (Å²) < 4.78 is 17.6. The van der Waals surface area contributed by atoms with Crippen LogP contribution in [-0.2, 0) is 21.3 Å². The molecule has 1 fully saturated rings. The molecule has 0 aliphatic carbocycles. The van der Waals surface area contributed by atoms with E-state index in [0.717, 1.165) is 12.0 Å². The summed E-state index contributed by atoms with van der Waals surface area (Å²) in [5.41, 5.74) is 0.515. The van der Waals surface area contributed by atoms with Gasteiger partial charge in [0.15, 0.2) is 0 Å². The van der Waals surface area contributed by atoms with E-state index in [1.54, 1.807) is 17.3 Å². The normalized spacial score (nSPS) is 20.0. The van der Waals surface area contributed by atoms with Crippen molar-refractivity contribution >= 4 is 16.9 Å². The van der Waals surface area contributed by atoms with Gasteiger partial charge in [-0.25, -0.2) is 4.79 Å². The van der Waals surface area contributed by atoms with Gasteiger partial charge in [0, 0.05) is 42.0 Å². The van der Waals surface area contributed by atoms with E-state index in [1.807, 2.05) is 32.9 Å². The van der Waals surface area contributed by atoms with Gasteiger partial charge in [-0.15, -0.1) is 0 Å². The number of pyridine rings is 1. The SMILES string of the molecule is CC(C)(C)OC(=O)N1CCC(CS(=O)Cc2cccnc2)C1. The van der Waals surface area contributed by atoms with Gasteiger partial charge in [0.25, 0.3) is 0 Å². The van der Waals surface area contributed by atoms with Crippen molar-refractivity contribution in [1.29, 1.82) is 0 Å². The highest BCUT2D eigenvalue weighted by atomic mass is 32.2. The van der Waals surface area contributed by atoms with Crippen molar-refractivity contribution in [2.45, 2.75) is 38.5 Å². The van der Waals surface area contributed by atoms with Crippen molar-refractivity contribution in [2.24, 2.45) is 5.92 Å². The Labute approximate surface area is 134 Å². The molecule has 0 saturated carbocycles. The Morgan fingerprint density at radius 1 is 1.50 bits per heavy atom. The number of nitrogens with zero attached hydrogens (tertiary/aromatic N) is 2. The topological polar surface area (TPSA) is 59.5 Å². The number of carbonyl (C=O) groups excluding carboxylic acids is 1. The van der Waals surface area contributed by atoms with Crippen LogP contribution in [0.2, 0.25) is 0 Å². The fourth-order valence-corrected chi connectivity index (χ4v) is 3.91. The van der Waals surface area contributed by atoms with Gasteiger partial charge in [-0.05, 0) is 44.7 Å². The zero-order valence-corrected chi connectivity index (χ0v) is 14.3. The lowest BCUT2D eigenvalue weighted by atomic mass is 10.2. The Morgan fingerprint density at radius 2 is 2.27 bits per heavy atom. The lowest BCUT2D eigenvalue weighted by Gasteiger charge is -2.24. The number of hydrogen-bond donors (Lipinski definition) is 0. The second kappa shape index (κ2) is 7.22. The van der Waals surface area contributed by atoms with Gasteiger partial charge in [0.1, 0.15) is 5.60 Å². The molecular weight excluding hydrogens is 300 g/mol. The van der Waals surface area contributed by atoms with Crippen LogP contribution in [0.25, 0.3) is 0 Å². The number of rotatable bonds is 4. The average Bonchev–Trinajstić information content (AvgIpc) is 2.86. The second-order valence-corrected chi connectivity index (χ2v) is 8.19. The van der Waals surface area contributed by atoms with Crippen LogP contribution in [0.1, 0.15) is 32.8 Å². The van der Waals surface area contributed by atoms with E-state index < -0.39 is 16.4 Å². The molecule has 2 atom stereocenters. The number of ether oxygens (including phenoxy) is 1. The molecule has 1 amide bonds. The molecule has 1 aromatic heterocycles. The highest BCUT2D eigenvalue weighted by Gasteiger charge is 2.30. The first-order valence-corrected chi connectivity index (χ1v) is 9.04. The fraction of sp³-hybridized carbons (Fsp3) is 0.625. The summed E-state index contributed by atoms with van der Waals surface area (Å²) in [5, 5.41) is 0. The van der Waals surface area contributed by atoms with Crippen LogP contribution in [0, 0.1) is 5.92 Å². The summed E-state index contributed by atoms with van der Waals surface area (Å²) in [4.78, 5) is 17.8. The summed E-state index contributed by atoms with van der Waals surface area (Å²) in [6, 6.07) is 3.79. The number of carbonyl (C=O) groups is 1. The van der Waals surface area contributed by atoms with Gasteiger partial charge in [0.2, 0.25) is 0 Å². The second-order valence-electron chi connectivity index (χ2n) is 6.69. The summed E-state index contributed by atoms with van der Waals surface area (Å²) >= 11 is 0. The first kappa shape index (κ1) is 16.9. The average molecular weight is 324 g/mol. The van der Waals surface area contributed by atoms with Crippen molar-refractivity contribution in [3.05, 3.63) is 30.1 Å². The van der Waals surface area contributed by atoms with E-state index in [-0.39, 0.29) is 12.0 Å². The molecule has 1 saturated heterocycles. The molecule has 0 radical (unpaired) electrons. The Kier molecular flexibility index (Phi) is 5.56. The van der Waals surface area contributed by atoms with Crippen molar-refractivity contribution < 1.29 is 13.7 Å². The monoisotopic (exact) mass is 324 g/mol. The minimum Gasteiger partial charge on any atom is -0.444 e. The van der Waals surface area contributed by atoms with E-state index >= 15 is 0 Å². The van der Waals surface area contributed by atoms with Gasteiger partial charge in [-0.1, -0.05) is 6.07 Å². The maximum absolute atomic E-state index is 12.2. The highest BCUT2D eigenvalue weighted by molar-refractivity contribution is 7.84. The lowest BCUT2D eigenvalue weighted by Crippen LogP contribution is -2.35. The number of likely N-dealkylation sites (tertiary alicyclic amines) is 1. The zero-order valence-electron chi connectivity index (χ0n) is 13.4. The van der Waals surface area contributed by atoms with Crippen LogP contribution in [0.4, 0.5) is 4.79 Å². The van der Waals surface area contributed by atoms with Gasteiger partial charge in [0.05, 0.1) is 5.75 Å². The molecule has 0 spiro atoms. The van der Waals surface area contributed by atoms with Crippen LogP contribution >= 0.6 is 0 Å². The zero-order chi connectivity index (χ0) is 16.2. The molecular formula is C16H24N2O3S. The molecule has 1 aromatic rings. The largest absolute Gasteiger partial charge is 0.444 e. The molecule has 5 nitrogen and oxygen atoms in total. The number of amides is 1. The first-order chi connectivity index (χ1) is 10.3. The third-order valence-electron chi connectivity index (χ3n) is 3.41. The fourth-order valence-electron chi connectivity index (χ4n) is 2.45. The quantitative estimate of drug-likeness (QED) is 0.854. The van der Waals surface area contributed by atoms with Crippen molar-refractivity contribution in [3.63, 3.8) is 0 Å². The Balaban J connectivity index is 1.79. The predicted octanol–water partition coefficient (Wildman–Crippen LogP) is 2.59. The van der Waals surface area contributed by atoms with Crippen LogP contribution in [-0.4, -0.2) is 44.6 Å². The Bertz CT molecular complexity index is 528. The smallest absolute Gasteiger partial charge is 0.410 e. The summed E-state index contributed by atoms with van der Waals surface area (Å²) in [7, 11) is -0.927. The molecule has 2 heterocycles. The van der Waals surface area contributed by atoms with Crippen LogP contribution in [0.5, 0.6) is 0 Å². The van der Waals surface area contributed by atoms with Crippen molar-refractivity contribution in [1.82, 2.24) is 9.88 Å². The minimum atomic E-state index is -0.927. The van der Waals surface area contributed by atoms with Crippen molar-refractivity contribution in [2.75, 3.05) is 18.8 Å². The lowest BCUT2D eigenvalue weighted by molar-refractivity contribution is 0.0289. The Hall–Kier alpha value is -1.43. The van der Waals surface area contributed by atoms with Gasteiger partial charge in [-0.2, -0.15) is 0 Å². The predicted molar refractivity (Wildman–Crippen MR) is 86.9 cm³/mol. The van der Waals surface area contributed by atoms with Crippen LogP contribution in [0.3, 0.4) is 0 Å². The standard InChI is InChI=1S/C16H24N2O3S/c1-16(2,3)21-15(19)18-8-6-14(10-18)12-22(20)11-13-5-4-7-17-9-13/h4-5,7,9,14H,6,8,10-12H2,1-3H3. The molecule has 2 unspecified atom stereocenters. The third kappa shape index (κ3) is 5.40. The molecule has 1 aliphatic heterocycles. The molecule has 0 bridgehead atoms. The molecule has 1 aliphatic rings. The maximum atomic E-state index is 12.2. The highest BCUT2D eigenvalue weighted by Crippen LogP contribution is 2.21. The third-order valence-corrected chi connectivity index (χ3v) is 4.91. The molecule has 0 N–H and O–H groups in total. The summed E-state index contributed by atoms with van der Waals surface area (Å²) in [5.74, 6) is 1.43. The van der Waals surface area contributed by atoms with Crippen LogP contribution in [0.15, 0.2) is 24.5 Å². The molecule has 6 heteroatoms. The number of hydrogen-bond acceptors (Lipinski definition) is 4.